The first kappa shape index (κ1) is 22.4. The smallest absolute Gasteiger partial charge is 0.174 e. The summed E-state index contributed by atoms with van der Waals surface area (Å²) in [5.41, 5.74) is 12.2. The summed E-state index contributed by atoms with van der Waals surface area (Å²) in [6.07, 6.45) is 0. The molecule has 0 atom stereocenters. The predicted molar refractivity (Wildman–Crippen MR) is 164 cm³/mol. The molecule has 1 aliphatic heterocycles. The topological polar surface area (TPSA) is 17.8 Å². The van der Waals surface area contributed by atoms with E-state index in [1.807, 2.05) is 11.8 Å². The van der Waals surface area contributed by atoms with Crippen LogP contribution in [0.2, 0.25) is 0 Å². The molecule has 7 aromatic rings. The lowest BCUT2D eigenvalue weighted by Crippen LogP contribution is -2.07. The molecular formula is C36H24N2S. The number of fused-ring (bicyclic) bond motifs is 6. The maximum atomic E-state index is 4.94. The molecule has 0 bridgehead atoms. The lowest BCUT2D eigenvalue weighted by atomic mass is 9.91. The Balaban J connectivity index is 1.29. The van der Waals surface area contributed by atoms with Crippen LogP contribution in [-0.4, -0.2) is 9.55 Å². The van der Waals surface area contributed by atoms with Gasteiger partial charge in [-0.25, -0.2) is 4.98 Å². The van der Waals surface area contributed by atoms with E-state index in [2.05, 4.69) is 138 Å². The highest BCUT2D eigenvalue weighted by Gasteiger charge is 2.23. The fourth-order valence-corrected chi connectivity index (χ4v) is 6.86. The minimum atomic E-state index is 0.928. The molecule has 1 aromatic heterocycles. The van der Waals surface area contributed by atoms with E-state index in [9.17, 15) is 0 Å². The molecule has 0 saturated heterocycles. The number of benzene rings is 6. The van der Waals surface area contributed by atoms with Gasteiger partial charge in [-0.15, -0.1) is 0 Å². The van der Waals surface area contributed by atoms with E-state index in [-0.39, 0.29) is 0 Å². The van der Waals surface area contributed by atoms with E-state index in [0.29, 0.717) is 0 Å². The monoisotopic (exact) mass is 516 g/mol. The van der Waals surface area contributed by atoms with Gasteiger partial charge in [0.2, 0.25) is 0 Å². The maximum absolute atomic E-state index is 4.94. The third kappa shape index (κ3) is 3.70. The molecule has 0 spiro atoms. The molecule has 0 saturated carbocycles. The molecule has 0 N–H and O–H groups in total. The van der Waals surface area contributed by atoms with Crippen LogP contribution in [0.1, 0.15) is 5.56 Å². The van der Waals surface area contributed by atoms with Crippen LogP contribution in [-0.2, 0) is 5.75 Å². The van der Waals surface area contributed by atoms with Crippen LogP contribution < -0.4 is 0 Å². The first-order valence-corrected chi connectivity index (χ1v) is 14.2. The number of aromatic nitrogens is 2. The Labute approximate surface area is 231 Å². The van der Waals surface area contributed by atoms with Gasteiger partial charge in [0.05, 0.1) is 16.7 Å². The number of imidazole rings is 1. The fourth-order valence-electron chi connectivity index (χ4n) is 5.86. The van der Waals surface area contributed by atoms with Crippen LogP contribution in [0, 0.1) is 0 Å². The van der Waals surface area contributed by atoms with E-state index < -0.39 is 0 Å². The SMILES string of the molecule is c1cc(-c2ccccc2-c2ccc3ccccc3c2)cc(-c2cccc3c2-n2c(nc4ccccc42)SC3)c1. The number of rotatable bonds is 3. The van der Waals surface area contributed by atoms with Gasteiger partial charge in [-0.05, 0) is 68.4 Å². The average Bonchev–Trinajstić information content (AvgIpc) is 3.40. The highest BCUT2D eigenvalue weighted by Crippen LogP contribution is 2.43. The van der Waals surface area contributed by atoms with Gasteiger partial charge in [0.1, 0.15) is 0 Å². The zero-order valence-corrected chi connectivity index (χ0v) is 22.0. The summed E-state index contributed by atoms with van der Waals surface area (Å²) >= 11 is 1.81. The standard InChI is InChI=1S/C36H24N2S/c1-2-10-25-21-28(20-19-24(25)9-1)31-15-4-3-14-30(31)26-11-7-12-27(22-26)32-16-8-13-29-23-39-36-37-33-17-5-6-18-34(33)38(36)35(29)32/h1-22H,23H2. The summed E-state index contributed by atoms with van der Waals surface area (Å²) in [5, 5.41) is 3.59. The zero-order chi connectivity index (χ0) is 25.8. The lowest BCUT2D eigenvalue weighted by Gasteiger charge is -2.22. The van der Waals surface area contributed by atoms with Gasteiger partial charge in [-0.1, -0.05) is 121 Å². The third-order valence-electron chi connectivity index (χ3n) is 7.70. The molecule has 0 unspecified atom stereocenters. The number of hydrogen-bond donors (Lipinski definition) is 0. The van der Waals surface area contributed by atoms with E-state index >= 15 is 0 Å². The van der Waals surface area contributed by atoms with Crippen LogP contribution in [0.15, 0.2) is 139 Å². The molecule has 1 aliphatic rings. The molecule has 8 rings (SSSR count). The normalized spacial score (nSPS) is 12.4. The van der Waals surface area contributed by atoms with Gasteiger partial charge in [0, 0.05) is 11.3 Å². The van der Waals surface area contributed by atoms with Crippen LogP contribution in [0.25, 0.3) is 60.9 Å². The van der Waals surface area contributed by atoms with Gasteiger partial charge < -0.3 is 0 Å². The first-order valence-electron chi connectivity index (χ1n) is 13.2. The third-order valence-corrected chi connectivity index (χ3v) is 8.69. The average molecular weight is 517 g/mol. The molecule has 184 valence electrons. The molecule has 2 nitrogen and oxygen atoms in total. The van der Waals surface area contributed by atoms with Crippen molar-refractivity contribution in [3.63, 3.8) is 0 Å². The predicted octanol–water partition coefficient (Wildman–Crippen LogP) is 9.79. The summed E-state index contributed by atoms with van der Waals surface area (Å²) in [5.74, 6) is 0.928. The van der Waals surface area contributed by atoms with Crippen LogP contribution in [0.3, 0.4) is 0 Å². The van der Waals surface area contributed by atoms with Gasteiger partial charge in [0.25, 0.3) is 0 Å². The Kier molecular flexibility index (Phi) is 5.17. The molecule has 2 heterocycles. The lowest BCUT2D eigenvalue weighted by molar-refractivity contribution is 0.896. The molecule has 0 amide bonds. The Hall–Kier alpha value is -4.60. The summed E-state index contributed by atoms with van der Waals surface area (Å²) in [4.78, 5) is 4.94. The summed E-state index contributed by atoms with van der Waals surface area (Å²) in [6, 6.07) is 48.2. The Morgan fingerprint density at radius 3 is 2.08 bits per heavy atom. The molecule has 3 heteroatoms. The van der Waals surface area contributed by atoms with Crippen molar-refractivity contribution in [2.75, 3.05) is 0 Å². The number of hydrogen-bond acceptors (Lipinski definition) is 2. The molecule has 0 radical (unpaired) electrons. The largest absolute Gasteiger partial charge is 0.286 e. The van der Waals surface area contributed by atoms with Crippen LogP contribution in [0.5, 0.6) is 0 Å². The van der Waals surface area contributed by atoms with E-state index in [1.54, 1.807) is 0 Å². The van der Waals surface area contributed by atoms with Crippen LogP contribution in [0.4, 0.5) is 0 Å². The van der Waals surface area contributed by atoms with Crippen LogP contribution >= 0.6 is 11.8 Å². The van der Waals surface area contributed by atoms with Crippen molar-refractivity contribution >= 4 is 33.6 Å². The fraction of sp³-hybridized carbons (Fsp3) is 0.0278. The van der Waals surface area contributed by atoms with Crippen molar-refractivity contribution in [1.82, 2.24) is 9.55 Å². The number of thioether (sulfide) groups is 1. The van der Waals surface area contributed by atoms with Crippen molar-refractivity contribution in [3.05, 3.63) is 139 Å². The molecule has 0 fully saturated rings. The second kappa shape index (κ2) is 9.00. The minimum absolute atomic E-state index is 0.928. The molecule has 39 heavy (non-hydrogen) atoms. The van der Waals surface area contributed by atoms with Gasteiger partial charge in [-0.3, -0.25) is 4.57 Å². The molecule has 6 aromatic carbocycles. The Bertz CT molecular complexity index is 2030. The summed E-state index contributed by atoms with van der Waals surface area (Å²) in [6.45, 7) is 0. The second-order valence-corrected chi connectivity index (χ2v) is 11.0. The molecule has 0 aliphatic carbocycles. The van der Waals surface area contributed by atoms with Gasteiger partial charge >= 0.3 is 0 Å². The van der Waals surface area contributed by atoms with Crippen molar-refractivity contribution in [2.24, 2.45) is 0 Å². The summed E-state index contributed by atoms with van der Waals surface area (Å²) in [7, 11) is 0. The van der Waals surface area contributed by atoms with Crippen molar-refractivity contribution in [1.29, 1.82) is 0 Å². The van der Waals surface area contributed by atoms with Gasteiger partial charge in [0.15, 0.2) is 5.16 Å². The highest BCUT2D eigenvalue weighted by molar-refractivity contribution is 7.98. The Morgan fingerprint density at radius 2 is 1.21 bits per heavy atom. The minimum Gasteiger partial charge on any atom is -0.286 e. The Morgan fingerprint density at radius 1 is 0.538 bits per heavy atom. The van der Waals surface area contributed by atoms with Gasteiger partial charge in [-0.2, -0.15) is 0 Å². The van der Waals surface area contributed by atoms with Crippen molar-refractivity contribution in [3.8, 4) is 39.1 Å². The number of nitrogens with zero attached hydrogens (tertiary/aromatic N) is 2. The van der Waals surface area contributed by atoms with E-state index in [0.717, 1.165) is 21.9 Å². The highest BCUT2D eigenvalue weighted by atomic mass is 32.2. The number of para-hydroxylation sites is 3. The van der Waals surface area contributed by atoms with Crippen molar-refractivity contribution in [2.45, 2.75) is 10.9 Å². The first-order chi connectivity index (χ1) is 19.3. The zero-order valence-electron chi connectivity index (χ0n) is 21.2. The van der Waals surface area contributed by atoms with E-state index in [1.165, 1.54) is 55.4 Å². The maximum Gasteiger partial charge on any atom is 0.174 e. The van der Waals surface area contributed by atoms with E-state index in [4.69, 9.17) is 4.98 Å². The summed E-state index contributed by atoms with van der Waals surface area (Å²) < 4.78 is 2.35. The van der Waals surface area contributed by atoms with Crippen molar-refractivity contribution < 1.29 is 0 Å². The molecular weight excluding hydrogens is 492 g/mol. The second-order valence-electron chi connectivity index (χ2n) is 10.0. The quantitative estimate of drug-likeness (QED) is 0.233.